The van der Waals surface area contributed by atoms with Crippen LogP contribution in [-0.4, -0.2) is 29.2 Å². The first kappa shape index (κ1) is 14.6. The number of hydrogen-bond acceptors (Lipinski definition) is 5. The molecule has 5 nitrogen and oxygen atoms in total. The molecule has 0 aliphatic carbocycles. The summed E-state index contributed by atoms with van der Waals surface area (Å²) in [5.74, 6) is -0.640. The minimum absolute atomic E-state index is 0.235. The lowest BCUT2D eigenvalue weighted by atomic mass is 10.2. The van der Waals surface area contributed by atoms with E-state index in [1.807, 2.05) is 30.3 Å². The Bertz CT molecular complexity index is 389. The summed E-state index contributed by atoms with van der Waals surface area (Å²) in [6.07, 6.45) is 1.03. The van der Waals surface area contributed by atoms with E-state index >= 15 is 0 Å². The van der Waals surface area contributed by atoms with Crippen molar-refractivity contribution in [3.63, 3.8) is 0 Å². The molecule has 1 rings (SSSR count). The number of benzene rings is 1. The minimum Gasteiger partial charge on any atom is -0.449 e. The van der Waals surface area contributed by atoms with Crippen LogP contribution in [0.4, 0.5) is 0 Å². The minimum atomic E-state index is -3.43. The van der Waals surface area contributed by atoms with Crippen molar-refractivity contribution in [2.24, 2.45) is 0 Å². The number of rotatable bonds is 7. The van der Waals surface area contributed by atoms with Crippen molar-refractivity contribution in [3.8, 4) is 0 Å². The summed E-state index contributed by atoms with van der Waals surface area (Å²) >= 11 is 0. The van der Waals surface area contributed by atoms with E-state index in [4.69, 9.17) is 17.7 Å². The van der Waals surface area contributed by atoms with Gasteiger partial charge in [0, 0.05) is 20.3 Å². The lowest BCUT2D eigenvalue weighted by Gasteiger charge is -2.23. The van der Waals surface area contributed by atoms with E-state index < -0.39 is 15.0 Å². The van der Waals surface area contributed by atoms with E-state index in [1.165, 1.54) is 14.2 Å². The summed E-state index contributed by atoms with van der Waals surface area (Å²) in [5, 5.41) is 0. The summed E-state index contributed by atoms with van der Waals surface area (Å²) in [5.41, 5.74) is 0.929. The Kier molecular flexibility index (Phi) is 5.73. The third-order valence-corrected chi connectivity index (χ3v) is 4.10. The summed E-state index contributed by atoms with van der Waals surface area (Å²) < 4.78 is 20.7. The maximum Gasteiger partial charge on any atom is 0.751 e. The zero-order valence-corrected chi connectivity index (χ0v) is 11.4. The molecule has 1 aromatic carbocycles. The van der Waals surface area contributed by atoms with Gasteiger partial charge >= 0.3 is 15.0 Å². The van der Waals surface area contributed by atoms with Crippen LogP contribution in [0.5, 0.6) is 0 Å². The van der Waals surface area contributed by atoms with Gasteiger partial charge in [0.25, 0.3) is 0 Å². The Hall–Kier alpha value is -1.47. The third-order valence-electron chi connectivity index (χ3n) is 2.15. The fraction of sp³-hybridized carbons (Fsp3) is 0.250. The van der Waals surface area contributed by atoms with Crippen molar-refractivity contribution in [2.75, 3.05) is 14.2 Å². The normalized spacial score (nSPS) is 11.0. The predicted molar refractivity (Wildman–Crippen MR) is 67.3 cm³/mol. The fourth-order valence-electron chi connectivity index (χ4n) is 1.22. The Morgan fingerprint density at radius 1 is 1.28 bits per heavy atom. The van der Waals surface area contributed by atoms with Gasteiger partial charge in [-0.2, -0.15) is 0 Å². The molecular weight excluding hydrogens is 252 g/mol. The number of carbonyl (C=O) groups is 1. The first-order valence-corrected chi connectivity index (χ1v) is 6.92. The van der Waals surface area contributed by atoms with Crippen LogP contribution in [-0.2, 0) is 29.1 Å². The van der Waals surface area contributed by atoms with E-state index in [0.717, 1.165) is 11.6 Å². The van der Waals surface area contributed by atoms with Crippen molar-refractivity contribution >= 4 is 15.0 Å². The van der Waals surface area contributed by atoms with Crippen LogP contribution in [0.1, 0.15) is 5.56 Å². The van der Waals surface area contributed by atoms with Crippen molar-refractivity contribution in [2.45, 2.75) is 6.61 Å². The molecule has 0 unspecified atom stereocenters. The smallest absolute Gasteiger partial charge is 0.449 e. The molecule has 6 heteroatoms. The molecule has 1 aromatic rings. The van der Waals surface area contributed by atoms with Gasteiger partial charge in [-0.25, -0.2) is 4.79 Å². The van der Waals surface area contributed by atoms with Gasteiger partial charge in [-0.15, -0.1) is 0 Å². The maximum atomic E-state index is 11.2. The molecule has 0 bridgehead atoms. The standard InChI is InChI=1S/C12H16O5Si/c1-4-12(13)17-18(14-2,15-3)16-10-11-8-6-5-7-9-11/h4-9H,1,10H2,2-3H3. The molecule has 0 amide bonds. The van der Waals surface area contributed by atoms with E-state index in [9.17, 15) is 4.79 Å². The number of carbonyl (C=O) groups excluding carboxylic acids is 1. The van der Waals surface area contributed by atoms with Gasteiger partial charge in [-0.05, 0) is 5.56 Å². The van der Waals surface area contributed by atoms with E-state index in [-0.39, 0.29) is 6.61 Å². The van der Waals surface area contributed by atoms with Crippen LogP contribution in [0, 0.1) is 0 Å². The molecule has 0 fully saturated rings. The Morgan fingerprint density at radius 3 is 2.39 bits per heavy atom. The highest BCUT2D eigenvalue weighted by Gasteiger charge is 2.47. The van der Waals surface area contributed by atoms with Crippen LogP contribution < -0.4 is 0 Å². The molecular formula is C12H16O5Si. The monoisotopic (exact) mass is 268 g/mol. The summed E-state index contributed by atoms with van der Waals surface area (Å²) in [7, 11) is -0.687. The maximum absolute atomic E-state index is 11.2. The van der Waals surface area contributed by atoms with Crippen LogP contribution in [0.3, 0.4) is 0 Å². The molecule has 0 spiro atoms. The zero-order valence-electron chi connectivity index (χ0n) is 10.4. The molecule has 18 heavy (non-hydrogen) atoms. The van der Waals surface area contributed by atoms with Crippen LogP contribution in [0.25, 0.3) is 0 Å². The van der Waals surface area contributed by atoms with Gasteiger partial charge in [0.05, 0.1) is 6.61 Å². The Labute approximate surface area is 107 Å². The summed E-state index contributed by atoms with van der Waals surface area (Å²) in [6.45, 7) is 3.55. The lowest BCUT2D eigenvalue weighted by Crippen LogP contribution is -2.48. The third kappa shape index (κ3) is 4.08. The second kappa shape index (κ2) is 7.07. The van der Waals surface area contributed by atoms with Gasteiger partial charge < -0.3 is 17.7 Å². The van der Waals surface area contributed by atoms with Gasteiger partial charge in [0.2, 0.25) is 0 Å². The van der Waals surface area contributed by atoms with Crippen molar-refractivity contribution in [1.29, 1.82) is 0 Å². The van der Waals surface area contributed by atoms with Crippen molar-refractivity contribution < 1.29 is 22.5 Å². The molecule has 0 heterocycles. The molecule has 0 aliphatic heterocycles. The lowest BCUT2D eigenvalue weighted by molar-refractivity contribution is -0.138. The van der Waals surface area contributed by atoms with Gasteiger partial charge in [0.1, 0.15) is 0 Å². The summed E-state index contributed by atoms with van der Waals surface area (Å²) in [4.78, 5) is 11.2. The highest BCUT2D eigenvalue weighted by atomic mass is 28.4. The second-order valence-electron chi connectivity index (χ2n) is 3.31. The van der Waals surface area contributed by atoms with Gasteiger partial charge in [-0.3, -0.25) is 0 Å². The molecule has 0 aromatic heterocycles. The largest absolute Gasteiger partial charge is 0.751 e. The van der Waals surface area contributed by atoms with E-state index in [2.05, 4.69) is 6.58 Å². The molecule has 0 radical (unpaired) electrons. The van der Waals surface area contributed by atoms with Crippen LogP contribution >= 0.6 is 0 Å². The highest BCUT2D eigenvalue weighted by molar-refractivity contribution is 6.55. The average Bonchev–Trinajstić information content (AvgIpc) is 2.44. The van der Waals surface area contributed by atoms with Crippen molar-refractivity contribution in [3.05, 3.63) is 48.6 Å². The fourth-order valence-corrected chi connectivity index (χ4v) is 2.53. The van der Waals surface area contributed by atoms with Crippen LogP contribution in [0.15, 0.2) is 43.0 Å². The molecule has 0 aliphatic rings. The SMILES string of the molecule is C=CC(=O)O[Si](OC)(OC)OCc1ccccc1. The van der Waals surface area contributed by atoms with Gasteiger partial charge in [0.15, 0.2) is 0 Å². The Balaban J connectivity index is 2.67. The van der Waals surface area contributed by atoms with E-state index in [1.54, 1.807) is 0 Å². The topological polar surface area (TPSA) is 54.0 Å². The zero-order chi connectivity index (χ0) is 13.4. The molecule has 0 atom stereocenters. The van der Waals surface area contributed by atoms with Crippen molar-refractivity contribution in [1.82, 2.24) is 0 Å². The van der Waals surface area contributed by atoms with Gasteiger partial charge in [-0.1, -0.05) is 36.9 Å². The first-order valence-electron chi connectivity index (χ1n) is 5.29. The molecule has 98 valence electrons. The quantitative estimate of drug-likeness (QED) is 0.556. The Morgan fingerprint density at radius 2 is 1.89 bits per heavy atom. The highest BCUT2D eigenvalue weighted by Crippen LogP contribution is 2.13. The number of hydrogen-bond donors (Lipinski definition) is 0. The second-order valence-corrected chi connectivity index (χ2v) is 5.62. The average molecular weight is 268 g/mol. The first-order chi connectivity index (χ1) is 8.65. The molecule has 0 saturated heterocycles. The van der Waals surface area contributed by atoms with Crippen LogP contribution in [0.2, 0.25) is 0 Å². The predicted octanol–water partition coefficient (Wildman–Crippen LogP) is 1.66. The summed E-state index contributed by atoms with van der Waals surface area (Å²) in [6, 6.07) is 9.45. The van der Waals surface area contributed by atoms with E-state index in [0.29, 0.717) is 0 Å². The molecule has 0 N–H and O–H groups in total. The molecule has 0 saturated carbocycles.